The summed E-state index contributed by atoms with van der Waals surface area (Å²) in [7, 11) is 1.54. The van der Waals surface area contributed by atoms with Crippen LogP contribution in [0, 0.1) is 5.92 Å². The first-order valence-corrected chi connectivity index (χ1v) is 6.10. The van der Waals surface area contributed by atoms with E-state index < -0.39 is 17.6 Å². The Balaban J connectivity index is 3.17. The van der Waals surface area contributed by atoms with Gasteiger partial charge in [-0.15, -0.1) is 0 Å². The first-order chi connectivity index (χ1) is 9.16. The Morgan fingerprint density at radius 3 is 2.45 bits per heavy atom. The normalized spacial score (nSPS) is 11.6. The summed E-state index contributed by atoms with van der Waals surface area (Å²) in [6.45, 7) is 4.27. The summed E-state index contributed by atoms with van der Waals surface area (Å²) in [6, 6.07) is 2.85. The molecule has 3 N–H and O–H groups in total. The highest BCUT2D eigenvalue weighted by molar-refractivity contribution is 5.99. The average molecular weight is 289 g/mol. The number of hydrogen-bond donors (Lipinski definition) is 2. The van der Waals surface area contributed by atoms with Crippen molar-refractivity contribution in [1.82, 2.24) is 4.90 Å². The van der Waals surface area contributed by atoms with Crippen molar-refractivity contribution in [2.75, 3.05) is 19.0 Å². The lowest BCUT2D eigenvalue weighted by Gasteiger charge is -2.21. The summed E-state index contributed by atoms with van der Waals surface area (Å²) in [5.74, 6) is 4.96. The number of nitrogens with zero attached hydrogens (tertiary/aromatic N) is 1. The van der Waals surface area contributed by atoms with E-state index in [1.54, 1.807) is 7.05 Å². The Morgan fingerprint density at radius 1 is 1.40 bits per heavy atom. The molecule has 0 fully saturated rings. The zero-order valence-corrected chi connectivity index (χ0v) is 11.6. The van der Waals surface area contributed by atoms with E-state index in [2.05, 4.69) is 5.43 Å². The monoisotopic (exact) mass is 289 g/mol. The molecule has 1 amide bonds. The van der Waals surface area contributed by atoms with Crippen LogP contribution in [0.1, 0.15) is 29.8 Å². The van der Waals surface area contributed by atoms with Crippen LogP contribution in [0.5, 0.6) is 0 Å². The number of carbonyl (C=O) groups is 1. The average Bonchev–Trinajstić information content (AvgIpc) is 2.35. The zero-order chi connectivity index (χ0) is 15.5. The molecule has 0 saturated heterocycles. The second-order valence-corrected chi connectivity index (χ2v) is 4.98. The molecule has 0 radical (unpaired) electrons. The van der Waals surface area contributed by atoms with E-state index in [9.17, 15) is 18.0 Å². The largest absolute Gasteiger partial charge is 0.416 e. The number of rotatable bonds is 4. The van der Waals surface area contributed by atoms with E-state index >= 15 is 0 Å². The van der Waals surface area contributed by atoms with E-state index in [1.807, 2.05) is 13.8 Å². The number of halogens is 3. The number of hydrazine groups is 1. The summed E-state index contributed by atoms with van der Waals surface area (Å²) in [5, 5.41) is 0. The van der Waals surface area contributed by atoms with Crippen molar-refractivity contribution >= 4 is 11.6 Å². The van der Waals surface area contributed by atoms with Crippen molar-refractivity contribution in [2.24, 2.45) is 11.8 Å². The number of nitrogens with two attached hydrogens (primary N) is 1. The molecule has 0 saturated carbocycles. The molecule has 1 aromatic rings. The van der Waals surface area contributed by atoms with Crippen LogP contribution in [0.25, 0.3) is 0 Å². The van der Waals surface area contributed by atoms with Gasteiger partial charge in [0.2, 0.25) is 0 Å². The van der Waals surface area contributed by atoms with Crippen LogP contribution in [0.15, 0.2) is 18.2 Å². The highest BCUT2D eigenvalue weighted by Gasteiger charge is 2.32. The second kappa shape index (κ2) is 6.13. The van der Waals surface area contributed by atoms with Crippen molar-refractivity contribution in [1.29, 1.82) is 0 Å². The van der Waals surface area contributed by atoms with Crippen LogP contribution < -0.4 is 11.3 Å². The summed E-state index contributed by atoms with van der Waals surface area (Å²) in [4.78, 5) is 13.6. The van der Waals surface area contributed by atoms with Crippen LogP contribution in [-0.2, 0) is 6.18 Å². The molecular weight excluding hydrogens is 271 g/mol. The molecule has 1 rings (SSSR count). The van der Waals surface area contributed by atoms with Crippen LogP contribution in [-0.4, -0.2) is 24.4 Å². The molecule has 0 aromatic heterocycles. The number of amides is 1. The smallest absolute Gasteiger partial charge is 0.341 e. The van der Waals surface area contributed by atoms with Crippen molar-refractivity contribution in [2.45, 2.75) is 20.0 Å². The van der Waals surface area contributed by atoms with Crippen molar-refractivity contribution in [3.63, 3.8) is 0 Å². The third-order valence-electron chi connectivity index (χ3n) is 2.72. The van der Waals surface area contributed by atoms with Gasteiger partial charge >= 0.3 is 6.18 Å². The molecule has 0 aliphatic rings. The molecule has 7 heteroatoms. The molecule has 0 bridgehead atoms. The fraction of sp³-hybridized carbons (Fsp3) is 0.462. The van der Waals surface area contributed by atoms with Crippen molar-refractivity contribution in [3.8, 4) is 0 Å². The fourth-order valence-corrected chi connectivity index (χ4v) is 1.86. The lowest BCUT2D eigenvalue weighted by molar-refractivity contribution is -0.137. The Bertz CT molecular complexity index is 486. The van der Waals surface area contributed by atoms with Gasteiger partial charge in [0.25, 0.3) is 5.91 Å². The number of anilines is 1. The van der Waals surface area contributed by atoms with Crippen LogP contribution in [0.3, 0.4) is 0 Å². The van der Waals surface area contributed by atoms with Crippen molar-refractivity contribution < 1.29 is 18.0 Å². The van der Waals surface area contributed by atoms with Gasteiger partial charge < -0.3 is 10.3 Å². The van der Waals surface area contributed by atoms with Gasteiger partial charge in [-0.1, -0.05) is 13.8 Å². The minimum absolute atomic E-state index is 0.0922. The number of nitrogen functional groups attached to an aromatic ring is 1. The van der Waals surface area contributed by atoms with Crippen molar-refractivity contribution in [3.05, 3.63) is 29.3 Å². The predicted octanol–water partition coefficient (Wildman–Crippen LogP) is 2.72. The zero-order valence-electron chi connectivity index (χ0n) is 11.6. The van der Waals surface area contributed by atoms with Gasteiger partial charge in [-0.2, -0.15) is 13.2 Å². The number of nitrogens with one attached hydrogen (secondary N) is 1. The first-order valence-electron chi connectivity index (χ1n) is 6.10. The van der Waals surface area contributed by atoms with Gasteiger partial charge in [0, 0.05) is 13.6 Å². The number of benzene rings is 1. The van der Waals surface area contributed by atoms with Gasteiger partial charge in [-0.25, -0.2) is 0 Å². The highest BCUT2D eigenvalue weighted by Crippen LogP contribution is 2.32. The molecular formula is C13H18F3N3O. The maximum atomic E-state index is 12.7. The highest BCUT2D eigenvalue weighted by atomic mass is 19.4. The summed E-state index contributed by atoms with van der Waals surface area (Å²) in [6.07, 6.45) is -4.50. The molecule has 0 heterocycles. The Labute approximate surface area is 115 Å². The summed E-state index contributed by atoms with van der Waals surface area (Å²) in [5.41, 5.74) is 1.44. The third kappa shape index (κ3) is 3.86. The lowest BCUT2D eigenvalue weighted by Crippen LogP contribution is -2.31. The van der Waals surface area contributed by atoms with Crippen LogP contribution in [0.2, 0.25) is 0 Å². The molecule has 0 aliphatic heterocycles. The van der Waals surface area contributed by atoms with Crippen LogP contribution >= 0.6 is 0 Å². The fourth-order valence-electron chi connectivity index (χ4n) is 1.86. The van der Waals surface area contributed by atoms with E-state index in [-0.39, 0.29) is 17.2 Å². The standard InChI is InChI=1S/C13H18F3N3O/c1-8(2)7-19(3)12(20)10-6-9(13(14,15)16)4-5-11(10)18-17/h4-6,8,18H,7,17H2,1-3H3. The van der Waals surface area contributed by atoms with Gasteiger partial charge in [-0.05, 0) is 24.1 Å². The topological polar surface area (TPSA) is 58.4 Å². The van der Waals surface area contributed by atoms with E-state index in [1.165, 1.54) is 4.90 Å². The number of carbonyl (C=O) groups excluding carboxylic acids is 1. The number of hydrogen-bond acceptors (Lipinski definition) is 3. The minimum Gasteiger partial charge on any atom is -0.341 e. The Morgan fingerprint density at radius 2 is 2.00 bits per heavy atom. The van der Waals surface area contributed by atoms with E-state index in [0.29, 0.717) is 6.54 Å². The SMILES string of the molecule is CC(C)CN(C)C(=O)c1cc(C(F)(F)F)ccc1NN. The molecule has 20 heavy (non-hydrogen) atoms. The molecule has 0 aliphatic carbocycles. The second-order valence-electron chi connectivity index (χ2n) is 4.98. The molecule has 0 atom stereocenters. The maximum Gasteiger partial charge on any atom is 0.416 e. The van der Waals surface area contributed by atoms with E-state index in [4.69, 9.17) is 5.84 Å². The van der Waals surface area contributed by atoms with E-state index in [0.717, 1.165) is 18.2 Å². The minimum atomic E-state index is -4.50. The summed E-state index contributed by atoms with van der Waals surface area (Å²) >= 11 is 0. The molecule has 1 aromatic carbocycles. The van der Waals surface area contributed by atoms with Gasteiger partial charge in [0.05, 0.1) is 16.8 Å². The van der Waals surface area contributed by atoms with Gasteiger partial charge in [-0.3, -0.25) is 10.6 Å². The molecule has 0 unspecified atom stereocenters. The molecule has 4 nitrogen and oxygen atoms in total. The van der Waals surface area contributed by atoms with Gasteiger partial charge in [0.1, 0.15) is 0 Å². The maximum absolute atomic E-state index is 12.7. The lowest BCUT2D eigenvalue weighted by atomic mass is 10.1. The first kappa shape index (κ1) is 16.3. The Kier molecular flexibility index (Phi) is 4.99. The van der Waals surface area contributed by atoms with Crippen LogP contribution in [0.4, 0.5) is 18.9 Å². The Hall–Kier alpha value is -1.76. The summed E-state index contributed by atoms with van der Waals surface area (Å²) < 4.78 is 38.1. The predicted molar refractivity (Wildman–Crippen MR) is 71.1 cm³/mol. The third-order valence-corrected chi connectivity index (χ3v) is 2.72. The molecule has 0 spiro atoms. The quantitative estimate of drug-likeness (QED) is 0.662. The van der Waals surface area contributed by atoms with Gasteiger partial charge in [0.15, 0.2) is 0 Å². The number of alkyl halides is 3. The molecule has 112 valence electrons.